The molecule has 4 rings (SSSR count). The molecule has 0 unspecified atom stereocenters. The first-order chi connectivity index (χ1) is 16.0. The number of carbonyl (C=O) groups is 1. The number of nitrogens with zero attached hydrogens (tertiary/aromatic N) is 2. The average molecular weight is 460 g/mol. The number of carbonyl (C=O) groups excluding carboxylic acids is 1. The van der Waals surface area contributed by atoms with Gasteiger partial charge >= 0.3 is 0 Å². The number of aromatic nitrogens is 2. The summed E-state index contributed by atoms with van der Waals surface area (Å²) < 4.78 is 1.74. The highest BCUT2D eigenvalue weighted by Crippen LogP contribution is 2.27. The normalized spacial score (nSPS) is 11.0. The van der Waals surface area contributed by atoms with Crippen LogP contribution in [0.4, 0.5) is 5.69 Å². The molecule has 1 amide bonds. The molecule has 0 aliphatic heterocycles. The van der Waals surface area contributed by atoms with Gasteiger partial charge in [-0.1, -0.05) is 67.9 Å². The number of nitrogens with one attached hydrogen (secondary N) is 1. The van der Waals surface area contributed by atoms with Gasteiger partial charge in [-0.25, -0.2) is 4.98 Å². The first-order valence-electron chi connectivity index (χ1n) is 11.2. The number of fused-ring (bicyclic) bond motifs is 1. The summed E-state index contributed by atoms with van der Waals surface area (Å²) in [6.45, 7) is 4.28. The molecule has 168 valence electrons. The van der Waals surface area contributed by atoms with Crippen LogP contribution in [0.1, 0.15) is 38.1 Å². The van der Waals surface area contributed by atoms with Gasteiger partial charge in [0.05, 0.1) is 17.4 Å². The van der Waals surface area contributed by atoms with Crippen LogP contribution in [0.3, 0.4) is 0 Å². The van der Waals surface area contributed by atoms with E-state index in [1.807, 2.05) is 48.5 Å². The fourth-order valence-corrected chi connectivity index (χ4v) is 4.08. The molecule has 0 radical (unpaired) electrons. The molecule has 0 bridgehead atoms. The van der Waals surface area contributed by atoms with E-state index < -0.39 is 0 Å². The first-order valence-corrected chi connectivity index (χ1v) is 11.5. The number of halogens is 1. The smallest absolute Gasteiger partial charge is 0.261 e. The van der Waals surface area contributed by atoms with E-state index in [9.17, 15) is 9.59 Å². The lowest BCUT2D eigenvalue weighted by molar-refractivity contribution is -0.115. The summed E-state index contributed by atoms with van der Waals surface area (Å²) in [7, 11) is 0. The lowest BCUT2D eigenvalue weighted by Crippen LogP contribution is -2.26. The molecule has 3 aromatic carbocycles. The van der Waals surface area contributed by atoms with E-state index in [0.29, 0.717) is 41.0 Å². The van der Waals surface area contributed by atoms with Crippen LogP contribution in [0.2, 0.25) is 5.02 Å². The van der Waals surface area contributed by atoms with Gasteiger partial charge < -0.3 is 5.32 Å². The topological polar surface area (TPSA) is 64.0 Å². The van der Waals surface area contributed by atoms with Crippen LogP contribution in [0.5, 0.6) is 0 Å². The fraction of sp³-hybridized carbons (Fsp3) is 0.222. The Hall–Kier alpha value is -3.44. The van der Waals surface area contributed by atoms with Crippen molar-refractivity contribution in [2.75, 3.05) is 5.32 Å². The molecular weight excluding hydrogens is 434 g/mol. The maximum atomic E-state index is 13.5. The summed E-state index contributed by atoms with van der Waals surface area (Å²) in [5.74, 6) is 0.666. The monoisotopic (exact) mass is 459 g/mol. The highest BCUT2D eigenvalue weighted by atomic mass is 35.5. The minimum Gasteiger partial charge on any atom is -0.326 e. The molecule has 0 spiro atoms. The van der Waals surface area contributed by atoms with Gasteiger partial charge in [0.15, 0.2) is 0 Å². The molecular formula is C27H26ClN3O2. The van der Waals surface area contributed by atoms with E-state index >= 15 is 0 Å². The Kier molecular flexibility index (Phi) is 6.90. The molecule has 33 heavy (non-hydrogen) atoms. The van der Waals surface area contributed by atoms with Crippen LogP contribution in [-0.2, 0) is 17.8 Å². The van der Waals surface area contributed by atoms with Gasteiger partial charge in [-0.3, -0.25) is 14.2 Å². The van der Waals surface area contributed by atoms with E-state index in [1.165, 1.54) is 0 Å². The van der Waals surface area contributed by atoms with E-state index in [0.717, 1.165) is 28.9 Å². The largest absolute Gasteiger partial charge is 0.326 e. The van der Waals surface area contributed by atoms with Gasteiger partial charge in [0.2, 0.25) is 5.91 Å². The van der Waals surface area contributed by atoms with E-state index in [2.05, 4.69) is 12.2 Å². The Morgan fingerprint density at radius 2 is 1.79 bits per heavy atom. The van der Waals surface area contributed by atoms with Gasteiger partial charge in [-0.2, -0.15) is 0 Å². The minimum atomic E-state index is -0.105. The van der Waals surface area contributed by atoms with Crippen molar-refractivity contribution in [2.24, 2.45) is 0 Å². The Morgan fingerprint density at radius 3 is 2.48 bits per heavy atom. The van der Waals surface area contributed by atoms with Crippen LogP contribution >= 0.6 is 11.6 Å². The molecule has 0 saturated carbocycles. The molecule has 0 fully saturated rings. The highest BCUT2D eigenvalue weighted by molar-refractivity contribution is 6.33. The summed E-state index contributed by atoms with van der Waals surface area (Å²) in [6, 6.07) is 21.1. The predicted octanol–water partition coefficient (Wildman–Crippen LogP) is 6.07. The molecule has 1 N–H and O–H groups in total. The van der Waals surface area contributed by atoms with Crippen molar-refractivity contribution >= 4 is 34.1 Å². The average Bonchev–Trinajstić information content (AvgIpc) is 2.83. The Labute approximate surface area is 198 Å². The molecule has 1 aromatic heterocycles. The molecule has 6 heteroatoms. The summed E-state index contributed by atoms with van der Waals surface area (Å²) in [5.41, 5.74) is 4.14. The second kappa shape index (κ2) is 10.0. The third-order valence-corrected chi connectivity index (χ3v) is 5.92. The van der Waals surface area contributed by atoms with Crippen molar-refractivity contribution in [3.63, 3.8) is 0 Å². The zero-order valence-electron chi connectivity index (χ0n) is 18.8. The van der Waals surface area contributed by atoms with Crippen molar-refractivity contribution in [2.45, 2.75) is 39.7 Å². The Balaban J connectivity index is 1.71. The summed E-state index contributed by atoms with van der Waals surface area (Å²) >= 11 is 6.33. The van der Waals surface area contributed by atoms with Gasteiger partial charge in [0, 0.05) is 29.1 Å². The van der Waals surface area contributed by atoms with E-state index in [-0.39, 0.29) is 11.5 Å². The Bertz CT molecular complexity index is 1360. The van der Waals surface area contributed by atoms with E-state index in [1.54, 1.807) is 29.7 Å². The van der Waals surface area contributed by atoms with Crippen molar-refractivity contribution in [3.8, 4) is 11.1 Å². The van der Waals surface area contributed by atoms with Crippen LogP contribution in [0.15, 0.2) is 71.5 Å². The zero-order valence-corrected chi connectivity index (χ0v) is 19.5. The molecule has 5 nitrogen and oxygen atoms in total. The van der Waals surface area contributed by atoms with Crippen molar-refractivity contribution in [1.29, 1.82) is 0 Å². The molecule has 4 aromatic rings. The molecule has 0 aliphatic rings. The summed E-state index contributed by atoms with van der Waals surface area (Å²) in [5, 5.41) is 4.02. The second-order valence-electron chi connectivity index (χ2n) is 7.98. The number of hydrogen-bond donors (Lipinski definition) is 1. The number of aryl methyl sites for hydroxylation is 1. The van der Waals surface area contributed by atoms with Crippen molar-refractivity contribution in [3.05, 3.63) is 93.5 Å². The van der Waals surface area contributed by atoms with Gasteiger partial charge in [-0.15, -0.1) is 0 Å². The van der Waals surface area contributed by atoms with Crippen LogP contribution in [0.25, 0.3) is 22.0 Å². The third-order valence-electron chi connectivity index (χ3n) is 5.59. The number of benzene rings is 3. The van der Waals surface area contributed by atoms with Gasteiger partial charge in [0.25, 0.3) is 5.56 Å². The highest BCUT2D eigenvalue weighted by Gasteiger charge is 2.13. The van der Waals surface area contributed by atoms with Crippen molar-refractivity contribution < 1.29 is 4.79 Å². The number of hydrogen-bond acceptors (Lipinski definition) is 3. The molecule has 0 atom stereocenters. The molecule has 0 aliphatic carbocycles. The number of rotatable bonds is 7. The molecule has 1 heterocycles. The Morgan fingerprint density at radius 1 is 1.03 bits per heavy atom. The summed E-state index contributed by atoms with van der Waals surface area (Å²) in [6.07, 6.45) is 1.96. The maximum Gasteiger partial charge on any atom is 0.261 e. The lowest BCUT2D eigenvalue weighted by atomic mass is 10.0. The van der Waals surface area contributed by atoms with Crippen LogP contribution < -0.4 is 10.9 Å². The standard InChI is InChI=1S/C27H26ClN3O2/c1-3-7-25-30-24-15-14-20(29-26(32)4-2)16-22(24)27(33)31(25)17-18-10-12-19(13-11-18)21-8-5-6-9-23(21)28/h5-6,8-16H,3-4,7,17H2,1-2H3,(H,29,32). The second-order valence-corrected chi connectivity index (χ2v) is 8.39. The van der Waals surface area contributed by atoms with Crippen LogP contribution in [-0.4, -0.2) is 15.5 Å². The van der Waals surface area contributed by atoms with Crippen molar-refractivity contribution in [1.82, 2.24) is 9.55 Å². The number of amides is 1. The first kappa shape index (κ1) is 22.7. The zero-order chi connectivity index (χ0) is 23.4. The quantitative estimate of drug-likeness (QED) is 0.365. The third kappa shape index (κ3) is 4.99. The number of anilines is 1. The summed E-state index contributed by atoms with van der Waals surface area (Å²) in [4.78, 5) is 30.0. The van der Waals surface area contributed by atoms with Crippen LogP contribution in [0, 0.1) is 0 Å². The molecule has 0 saturated heterocycles. The van der Waals surface area contributed by atoms with Gasteiger partial charge in [-0.05, 0) is 41.8 Å². The van der Waals surface area contributed by atoms with E-state index in [4.69, 9.17) is 16.6 Å². The van der Waals surface area contributed by atoms with Gasteiger partial charge in [0.1, 0.15) is 5.82 Å². The predicted molar refractivity (Wildman–Crippen MR) is 135 cm³/mol. The SMILES string of the molecule is CCCc1nc2ccc(NC(=O)CC)cc2c(=O)n1Cc1ccc(-c2ccccc2Cl)cc1. The lowest BCUT2D eigenvalue weighted by Gasteiger charge is -2.14. The minimum absolute atomic E-state index is 0.0937. The fourth-order valence-electron chi connectivity index (χ4n) is 3.84. The maximum absolute atomic E-state index is 13.5.